The summed E-state index contributed by atoms with van der Waals surface area (Å²) in [4.78, 5) is 35.7. The molecule has 182 valence electrons. The van der Waals surface area contributed by atoms with Crippen molar-refractivity contribution in [2.75, 3.05) is 19.7 Å². The van der Waals surface area contributed by atoms with Crippen LogP contribution in [0.5, 0.6) is 11.5 Å². The first-order chi connectivity index (χ1) is 16.4. The normalized spacial score (nSPS) is 17.5. The van der Waals surface area contributed by atoms with Crippen molar-refractivity contribution in [3.63, 3.8) is 0 Å². The largest absolute Gasteiger partial charge is 0.494 e. The number of ether oxygens (including phenoxy) is 2. The van der Waals surface area contributed by atoms with Gasteiger partial charge in [0.15, 0.2) is 0 Å². The smallest absolute Gasteiger partial charge is 0.306 e. The van der Waals surface area contributed by atoms with Crippen LogP contribution in [0.2, 0.25) is 5.02 Å². The maximum atomic E-state index is 12.5. The van der Waals surface area contributed by atoms with E-state index < -0.39 is 5.97 Å². The Morgan fingerprint density at radius 1 is 0.941 bits per heavy atom. The SMILES string of the molecule is CCOc1ccc(C(=O)NCCNC(=O)c2ccc(O[C@H]3CC[C@@H](C(=O)O)CC3)cc2Cl)cc1. The van der Waals surface area contributed by atoms with Crippen molar-refractivity contribution in [3.8, 4) is 11.5 Å². The van der Waals surface area contributed by atoms with Crippen LogP contribution in [0, 0.1) is 5.92 Å². The number of amides is 2. The number of hydrogen-bond acceptors (Lipinski definition) is 5. The van der Waals surface area contributed by atoms with Crippen LogP contribution in [0.25, 0.3) is 0 Å². The van der Waals surface area contributed by atoms with Gasteiger partial charge in [-0.2, -0.15) is 0 Å². The molecule has 1 saturated carbocycles. The molecule has 0 atom stereocenters. The Hall–Kier alpha value is -3.26. The Morgan fingerprint density at radius 3 is 2.15 bits per heavy atom. The van der Waals surface area contributed by atoms with E-state index in [1.54, 1.807) is 42.5 Å². The summed E-state index contributed by atoms with van der Waals surface area (Å²) < 4.78 is 11.3. The molecule has 0 bridgehead atoms. The number of carboxylic acids is 1. The van der Waals surface area contributed by atoms with E-state index in [1.165, 1.54) is 0 Å². The van der Waals surface area contributed by atoms with E-state index in [0.29, 0.717) is 54.9 Å². The second kappa shape index (κ2) is 12.3. The minimum absolute atomic E-state index is 0.0645. The molecule has 0 unspecified atom stereocenters. The lowest BCUT2D eigenvalue weighted by Gasteiger charge is -2.26. The first-order valence-electron chi connectivity index (χ1n) is 11.4. The molecular formula is C25H29ClN2O6. The summed E-state index contributed by atoms with van der Waals surface area (Å²) in [5.74, 6) is -0.413. The summed E-state index contributed by atoms with van der Waals surface area (Å²) in [5.41, 5.74) is 0.811. The molecule has 9 heteroatoms. The van der Waals surface area contributed by atoms with E-state index in [2.05, 4.69) is 10.6 Å². The average Bonchev–Trinajstić information content (AvgIpc) is 2.82. The highest BCUT2D eigenvalue weighted by Crippen LogP contribution is 2.29. The molecule has 8 nitrogen and oxygen atoms in total. The molecule has 0 spiro atoms. The molecule has 2 amide bonds. The Morgan fingerprint density at radius 2 is 1.56 bits per heavy atom. The third-order valence-corrected chi connectivity index (χ3v) is 5.95. The molecular weight excluding hydrogens is 460 g/mol. The van der Waals surface area contributed by atoms with Gasteiger partial charge in [0.2, 0.25) is 0 Å². The highest BCUT2D eigenvalue weighted by atomic mass is 35.5. The number of nitrogens with one attached hydrogen (secondary N) is 2. The summed E-state index contributed by atoms with van der Waals surface area (Å²) in [6, 6.07) is 11.7. The Labute approximate surface area is 203 Å². The lowest BCUT2D eigenvalue weighted by molar-refractivity contribution is -0.143. The van der Waals surface area contributed by atoms with Crippen LogP contribution >= 0.6 is 11.6 Å². The lowest BCUT2D eigenvalue weighted by Crippen LogP contribution is -2.34. The molecule has 2 aromatic carbocycles. The van der Waals surface area contributed by atoms with E-state index in [1.807, 2.05) is 6.92 Å². The van der Waals surface area contributed by atoms with Gasteiger partial charge in [0.25, 0.3) is 11.8 Å². The monoisotopic (exact) mass is 488 g/mol. The summed E-state index contributed by atoms with van der Waals surface area (Å²) >= 11 is 6.29. The first-order valence-corrected chi connectivity index (χ1v) is 11.7. The van der Waals surface area contributed by atoms with Crippen molar-refractivity contribution in [1.82, 2.24) is 10.6 Å². The van der Waals surface area contributed by atoms with Crippen LogP contribution in [0.15, 0.2) is 42.5 Å². The molecule has 0 saturated heterocycles. The number of aliphatic carboxylic acids is 1. The fourth-order valence-corrected chi connectivity index (χ4v) is 4.05. The molecule has 2 aromatic rings. The topological polar surface area (TPSA) is 114 Å². The molecule has 0 aromatic heterocycles. The van der Waals surface area contributed by atoms with Crippen molar-refractivity contribution in [3.05, 3.63) is 58.6 Å². The summed E-state index contributed by atoms with van der Waals surface area (Å²) in [7, 11) is 0. The van der Waals surface area contributed by atoms with Crippen LogP contribution in [0.1, 0.15) is 53.3 Å². The number of benzene rings is 2. The Kier molecular flexibility index (Phi) is 9.16. The quantitative estimate of drug-likeness (QED) is 0.437. The van der Waals surface area contributed by atoms with E-state index in [4.69, 9.17) is 26.2 Å². The van der Waals surface area contributed by atoms with Gasteiger partial charge in [-0.1, -0.05) is 11.6 Å². The minimum Gasteiger partial charge on any atom is -0.494 e. The number of rotatable bonds is 10. The van der Waals surface area contributed by atoms with Crippen molar-refractivity contribution in [1.29, 1.82) is 0 Å². The number of halogens is 1. The van der Waals surface area contributed by atoms with Crippen LogP contribution in [0.3, 0.4) is 0 Å². The molecule has 1 aliphatic rings. The van der Waals surface area contributed by atoms with Gasteiger partial charge in [0.1, 0.15) is 11.5 Å². The van der Waals surface area contributed by atoms with Gasteiger partial charge < -0.3 is 25.2 Å². The van der Waals surface area contributed by atoms with E-state index in [9.17, 15) is 14.4 Å². The molecule has 34 heavy (non-hydrogen) atoms. The third-order valence-electron chi connectivity index (χ3n) is 5.63. The highest BCUT2D eigenvalue weighted by Gasteiger charge is 2.27. The minimum atomic E-state index is -0.757. The zero-order valence-electron chi connectivity index (χ0n) is 19.0. The van der Waals surface area contributed by atoms with Gasteiger partial charge in [-0.25, -0.2) is 0 Å². The van der Waals surface area contributed by atoms with Crippen molar-refractivity contribution < 1.29 is 29.0 Å². The first kappa shape index (κ1) is 25.4. The summed E-state index contributed by atoms with van der Waals surface area (Å²) in [5, 5.41) is 14.8. The fraction of sp³-hybridized carbons (Fsp3) is 0.400. The number of carboxylic acid groups (broad SMARTS) is 1. The van der Waals surface area contributed by atoms with Crippen LogP contribution in [-0.2, 0) is 4.79 Å². The second-order valence-electron chi connectivity index (χ2n) is 8.04. The standard InChI is InChI=1S/C25H29ClN2O6/c1-2-33-18-7-3-16(4-8-18)23(29)27-13-14-28-24(30)21-12-11-20(15-22(21)26)34-19-9-5-17(6-10-19)25(31)32/h3-4,7-8,11-12,15,17,19H,2,5-6,9-10,13-14H2,1H3,(H,27,29)(H,28,30)(H,31,32)/t17-,19+. The Balaban J connectivity index is 1.42. The van der Waals surface area contributed by atoms with Gasteiger partial charge in [-0.15, -0.1) is 0 Å². The summed E-state index contributed by atoms with van der Waals surface area (Å²) in [6.45, 7) is 2.94. The third kappa shape index (κ3) is 7.12. The number of carbonyl (C=O) groups excluding carboxylic acids is 2. The molecule has 3 rings (SSSR count). The zero-order chi connectivity index (χ0) is 24.5. The van der Waals surface area contributed by atoms with Crippen LogP contribution in [-0.4, -0.2) is 48.7 Å². The molecule has 0 heterocycles. The van der Waals surface area contributed by atoms with E-state index >= 15 is 0 Å². The lowest BCUT2D eigenvalue weighted by atomic mass is 9.87. The predicted octanol–water partition coefficient (Wildman–Crippen LogP) is 3.92. The number of carbonyl (C=O) groups is 3. The van der Waals surface area contributed by atoms with Crippen LogP contribution < -0.4 is 20.1 Å². The van der Waals surface area contributed by atoms with Crippen molar-refractivity contribution in [2.45, 2.75) is 38.7 Å². The average molecular weight is 489 g/mol. The van der Waals surface area contributed by atoms with Gasteiger partial charge in [-0.3, -0.25) is 14.4 Å². The molecule has 0 radical (unpaired) electrons. The van der Waals surface area contributed by atoms with Gasteiger partial charge in [0.05, 0.1) is 29.2 Å². The fourth-order valence-electron chi connectivity index (χ4n) is 3.79. The van der Waals surface area contributed by atoms with Crippen LogP contribution in [0.4, 0.5) is 0 Å². The van der Waals surface area contributed by atoms with Gasteiger partial charge >= 0.3 is 5.97 Å². The predicted molar refractivity (Wildman–Crippen MR) is 128 cm³/mol. The van der Waals surface area contributed by atoms with Crippen molar-refractivity contribution >= 4 is 29.4 Å². The van der Waals surface area contributed by atoms with E-state index in [0.717, 1.165) is 0 Å². The second-order valence-corrected chi connectivity index (χ2v) is 8.45. The molecule has 3 N–H and O–H groups in total. The number of hydrogen-bond donors (Lipinski definition) is 3. The highest BCUT2D eigenvalue weighted by molar-refractivity contribution is 6.34. The zero-order valence-corrected chi connectivity index (χ0v) is 19.8. The van der Waals surface area contributed by atoms with E-state index in [-0.39, 0.29) is 41.9 Å². The maximum Gasteiger partial charge on any atom is 0.306 e. The molecule has 0 aliphatic heterocycles. The molecule has 1 aliphatic carbocycles. The Bertz CT molecular complexity index is 1000. The molecule has 1 fully saturated rings. The van der Waals surface area contributed by atoms with Gasteiger partial charge in [0, 0.05) is 18.7 Å². The summed E-state index contributed by atoms with van der Waals surface area (Å²) in [6.07, 6.45) is 2.44. The van der Waals surface area contributed by atoms with Gasteiger partial charge in [-0.05, 0) is 75.1 Å². The van der Waals surface area contributed by atoms with Crippen molar-refractivity contribution in [2.24, 2.45) is 5.92 Å². The maximum absolute atomic E-state index is 12.5.